The summed E-state index contributed by atoms with van der Waals surface area (Å²) in [6, 6.07) is 18.4. The second-order valence-electron chi connectivity index (χ2n) is 6.19. The third-order valence-electron chi connectivity index (χ3n) is 4.34. The summed E-state index contributed by atoms with van der Waals surface area (Å²) in [6.07, 6.45) is 3.49. The molecule has 0 aliphatic carbocycles. The quantitative estimate of drug-likeness (QED) is 0.666. The van der Waals surface area contributed by atoms with E-state index in [1.807, 2.05) is 35.0 Å². The molecule has 0 bridgehead atoms. The average molecular weight is 411 g/mol. The largest absolute Gasteiger partial charge is 0.396 e. The van der Waals surface area contributed by atoms with E-state index in [0.29, 0.717) is 12.8 Å². The van der Waals surface area contributed by atoms with E-state index in [9.17, 15) is 0 Å². The van der Waals surface area contributed by atoms with Crippen LogP contribution in [0.2, 0.25) is 0 Å². The average Bonchev–Trinajstić information content (AvgIpc) is 3.09. The number of aromatic nitrogens is 3. The third-order valence-corrected chi connectivity index (χ3v) is 4.84. The highest BCUT2D eigenvalue weighted by atomic mass is 79.9. The number of hydrogen-bond acceptors (Lipinski definition) is 4. The van der Waals surface area contributed by atoms with Gasteiger partial charge in [0.15, 0.2) is 5.82 Å². The molecule has 0 saturated heterocycles. The van der Waals surface area contributed by atoms with E-state index >= 15 is 0 Å². The molecular formula is C20H19BrN4O. The van der Waals surface area contributed by atoms with Crippen molar-refractivity contribution in [3.05, 3.63) is 82.1 Å². The van der Waals surface area contributed by atoms with Crippen LogP contribution in [-0.4, -0.2) is 26.5 Å². The summed E-state index contributed by atoms with van der Waals surface area (Å²) in [5.74, 6) is 1.47. The SMILES string of the molecule is OCCCc1nc2n(n1)[C@H](c1cccc(Br)c1)C=C(c1ccccc1)N2. The molecule has 3 aromatic rings. The minimum atomic E-state index is -0.0469. The fraction of sp³-hybridized carbons (Fsp3) is 0.200. The Morgan fingerprint density at radius 3 is 2.73 bits per heavy atom. The second-order valence-corrected chi connectivity index (χ2v) is 7.11. The van der Waals surface area contributed by atoms with Crippen LogP contribution >= 0.6 is 15.9 Å². The lowest BCUT2D eigenvalue weighted by molar-refractivity contribution is 0.287. The zero-order valence-electron chi connectivity index (χ0n) is 14.1. The number of benzene rings is 2. The molecule has 2 heterocycles. The van der Waals surface area contributed by atoms with Crippen molar-refractivity contribution in [2.75, 3.05) is 11.9 Å². The van der Waals surface area contributed by atoms with Gasteiger partial charge in [-0.2, -0.15) is 10.1 Å². The molecule has 26 heavy (non-hydrogen) atoms. The van der Waals surface area contributed by atoms with Gasteiger partial charge in [-0.3, -0.25) is 0 Å². The van der Waals surface area contributed by atoms with Crippen molar-refractivity contribution in [3.63, 3.8) is 0 Å². The summed E-state index contributed by atoms with van der Waals surface area (Å²) in [5.41, 5.74) is 3.26. The van der Waals surface area contributed by atoms with Crippen molar-refractivity contribution >= 4 is 27.6 Å². The van der Waals surface area contributed by atoms with Crippen molar-refractivity contribution in [1.82, 2.24) is 14.8 Å². The van der Waals surface area contributed by atoms with Gasteiger partial charge in [0.05, 0.1) is 0 Å². The van der Waals surface area contributed by atoms with Crippen molar-refractivity contribution in [3.8, 4) is 0 Å². The van der Waals surface area contributed by atoms with Gasteiger partial charge in [-0.25, -0.2) is 4.68 Å². The van der Waals surface area contributed by atoms with Crippen LogP contribution in [0, 0.1) is 0 Å². The molecule has 4 rings (SSSR count). The van der Waals surface area contributed by atoms with E-state index in [1.54, 1.807) is 0 Å². The summed E-state index contributed by atoms with van der Waals surface area (Å²) < 4.78 is 2.95. The molecule has 0 unspecified atom stereocenters. The molecule has 1 aromatic heterocycles. The number of aliphatic hydroxyl groups is 1. The van der Waals surface area contributed by atoms with Gasteiger partial charge in [0.25, 0.3) is 0 Å². The van der Waals surface area contributed by atoms with E-state index in [1.165, 1.54) is 0 Å². The molecule has 0 amide bonds. The van der Waals surface area contributed by atoms with E-state index in [-0.39, 0.29) is 12.6 Å². The highest BCUT2D eigenvalue weighted by molar-refractivity contribution is 9.10. The molecule has 0 saturated carbocycles. The predicted molar refractivity (Wildman–Crippen MR) is 106 cm³/mol. The molecule has 2 aromatic carbocycles. The van der Waals surface area contributed by atoms with Gasteiger partial charge in [-0.1, -0.05) is 58.4 Å². The number of halogens is 1. The minimum absolute atomic E-state index is 0.0469. The molecule has 0 fully saturated rings. The molecular weight excluding hydrogens is 392 g/mol. The van der Waals surface area contributed by atoms with Gasteiger partial charge in [-0.05, 0) is 35.8 Å². The lowest BCUT2D eigenvalue weighted by Crippen LogP contribution is -2.20. The number of nitrogens with one attached hydrogen (secondary N) is 1. The molecule has 2 N–H and O–H groups in total. The monoisotopic (exact) mass is 410 g/mol. The van der Waals surface area contributed by atoms with Gasteiger partial charge in [-0.15, -0.1) is 0 Å². The number of anilines is 1. The fourth-order valence-corrected chi connectivity index (χ4v) is 3.51. The predicted octanol–water partition coefficient (Wildman–Crippen LogP) is 4.02. The van der Waals surface area contributed by atoms with Crippen LogP contribution in [0.4, 0.5) is 5.95 Å². The van der Waals surface area contributed by atoms with Crippen LogP contribution in [-0.2, 0) is 6.42 Å². The summed E-state index contributed by atoms with van der Waals surface area (Å²) in [5, 5.41) is 17.2. The number of aryl methyl sites for hydroxylation is 1. The molecule has 6 heteroatoms. The van der Waals surface area contributed by atoms with Gasteiger partial charge in [0.1, 0.15) is 6.04 Å². The molecule has 1 atom stereocenters. The van der Waals surface area contributed by atoms with Gasteiger partial charge < -0.3 is 10.4 Å². The first-order chi connectivity index (χ1) is 12.7. The Bertz CT molecular complexity index is 936. The Morgan fingerprint density at radius 1 is 1.12 bits per heavy atom. The molecule has 132 valence electrons. The zero-order chi connectivity index (χ0) is 17.9. The Balaban J connectivity index is 1.78. The minimum Gasteiger partial charge on any atom is -0.396 e. The Hall–Kier alpha value is -2.44. The highest BCUT2D eigenvalue weighted by Crippen LogP contribution is 2.33. The Morgan fingerprint density at radius 2 is 1.96 bits per heavy atom. The number of fused-ring (bicyclic) bond motifs is 1. The van der Waals surface area contributed by atoms with Crippen molar-refractivity contribution < 1.29 is 5.11 Å². The Labute approximate surface area is 160 Å². The number of nitrogens with zero attached hydrogens (tertiary/aromatic N) is 3. The van der Waals surface area contributed by atoms with Crippen LogP contribution in [0.3, 0.4) is 0 Å². The highest BCUT2D eigenvalue weighted by Gasteiger charge is 2.25. The topological polar surface area (TPSA) is 63.0 Å². The first-order valence-corrected chi connectivity index (χ1v) is 9.40. The Kier molecular flexibility index (Phi) is 4.86. The summed E-state index contributed by atoms with van der Waals surface area (Å²) in [7, 11) is 0. The number of aliphatic hydroxyl groups excluding tert-OH is 1. The van der Waals surface area contributed by atoms with E-state index < -0.39 is 0 Å². The first-order valence-electron chi connectivity index (χ1n) is 8.60. The third kappa shape index (κ3) is 3.43. The smallest absolute Gasteiger partial charge is 0.226 e. The lowest BCUT2D eigenvalue weighted by Gasteiger charge is -2.24. The van der Waals surface area contributed by atoms with Gasteiger partial charge in [0, 0.05) is 23.2 Å². The van der Waals surface area contributed by atoms with Crippen LogP contribution in [0.1, 0.15) is 29.4 Å². The fourth-order valence-electron chi connectivity index (χ4n) is 3.09. The summed E-state index contributed by atoms with van der Waals surface area (Å²) >= 11 is 3.56. The van der Waals surface area contributed by atoms with Crippen LogP contribution < -0.4 is 5.32 Å². The lowest BCUT2D eigenvalue weighted by atomic mass is 10.0. The van der Waals surface area contributed by atoms with Crippen molar-refractivity contribution in [1.29, 1.82) is 0 Å². The van der Waals surface area contributed by atoms with Gasteiger partial charge >= 0.3 is 0 Å². The summed E-state index contributed by atoms with van der Waals surface area (Å²) in [4.78, 5) is 4.64. The standard InChI is InChI=1S/C20H19BrN4O/c21-16-9-4-8-15(12-16)18-13-17(14-6-2-1-3-7-14)22-20-23-19(10-5-11-26)24-25(18)20/h1-4,6-9,12-13,18,26H,5,10-11H2,(H,22,23,24)/t18-/m0/s1. The maximum atomic E-state index is 9.09. The van der Waals surface area contributed by atoms with Crippen molar-refractivity contribution in [2.45, 2.75) is 18.9 Å². The van der Waals surface area contributed by atoms with Crippen LogP contribution in [0.5, 0.6) is 0 Å². The van der Waals surface area contributed by atoms with E-state index in [4.69, 9.17) is 5.11 Å². The second kappa shape index (κ2) is 7.43. The first kappa shape index (κ1) is 17.0. The van der Waals surface area contributed by atoms with E-state index in [2.05, 4.69) is 61.7 Å². The maximum Gasteiger partial charge on any atom is 0.226 e. The molecule has 0 radical (unpaired) electrons. The summed E-state index contributed by atoms with van der Waals surface area (Å²) in [6.45, 7) is 0.139. The number of rotatable bonds is 5. The number of allylic oxidation sites excluding steroid dienone is 1. The number of hydrogen-bond donors (Lipinski definition) is 2. The van der Waals surface area contributed by atoms with Crippen LogP contribution in [0.15, 0.2) is 65.1 Å². The normalized spacial score (nSPS) is 15.9. The molecule has 0 spiro atoms. The van der Waals surface area contributed by atoms with Crippen molar-refractivity contribution in [2.24, 2.45) is 0 Å². The molecule has 5 nitrogen and oxygen atoms in total. The van der Waals surface area contributed by atoms with E-state index in [0.717, 1.165) is 33.1 Å². The zero-order valence-corrected chi connectivity index (χ0v) is 15.7. The van der Waals surface area contributed by atoms with Gasteiger partial charge in [0.2, 0.25) is 5.95 Å². The molecule has 1 aliphatic heterocycles. The van der Waals surface area contributed by atoms with Crippen LogP contribution in [0.25, 0.3) is 5.70 Å². The maximum absolute atomic E-state index is 9.09. The molecule has 1 aliphatic rings.